The molecule has 0 saturated carbocycles. The molecule has 8 heteroatoms. The maximum atomic E-state index is 12.7. The van der Waals surface area contributed by atoms with Gasteiger partial charge in [-0.1, -0.05) is 30.3 Å². The smallest absolute Gasteiger partial charge is 0.297 e. The summed E-state index contributed by atoms with van der Waals surface area (Å²) in [5.74, 6) is -0.738. The molecule has 0 aliphatic carbocycles. The maximum Gasteiger partial charge on any atom is 0.297 e. The second-order valence-electron chi connectivity index (χ2n) is 5.62. The first-order valence-electron chi connectivity index (χ1n) is 7.74. The van der Waals surface area contributed by atoms with Crippen molar-refractivity contribution >= 4 is 17.6 Å². The first-order chi connectivity index (χ1) is 12.4. The predicted octanol–water partition coefficient (Wildman–Crippen LogP) is 2.22. The predicted molar refractivity (Wildman–Crippen MR) is 95.5 cm³/mol. The van der Waals surface area contributed by atoms with Crippen LogP contribution in [0.2, 0.25) is 0 Å². The lowest BCUT2D eigenvalue weighted by Crippen LogP contribution is -2.19. The van der Waals surface area contributed by atoms with Crippen molar-refractivity contribution in [3.8, 4) is 11.4 Å². The van der Waals surface area contributed by atoms with Gasteiger partial charge in [-0.15, -0.1) is 0 Å². The average Bonchev–Trinajstić information content (AvgIpc) is 2.84. The van der Waals surface area contributed by atoms with Crippen LogP contribution in [0, 0.1) is 17.0 Å². The first-order valence-corrected chi connectivity index (χ1v) is 7.74. The van der Waals surface area contributed by atoms with Crippen molar-refractivity contribution in [3.63, 3.8) is 0 Å². The summed E-state index contributed by atoms with van der Waals surface area (Å²) in [6.45, 7) is 1.74. The zero-order chi connectivity index (χ0) is 18.8. The topological polar surface area (TPSA) is 105 Å². The quantitative estimate of drug-likeness (QED) is 0.408. The molecule has 0 unspecified atom stereocenters. The van der Waals surface area contributed by atoms with Gasteiger partial charge >= 0.3 is 0 Å². The van der Waals surface area contributed by atoms with E-state index in [1.54, 1.807) is 30.8 Å². The number of hydrogen-bond acceptors (Lipinski definition) is 5. The molecule has 0 fully saturated rings. The molecule has 0 aliphatic heterocycles. The Kier molecular flexibility index (Phi) is 4.40. The van der Waals surface area contributed by atoms with Crippen LogP contribution in [0.15, 0.2) is 58.3 Å². The van der Waals surface area contributed by atoms with Crippen LogP contribution in [0.4, 0.5) is 11.4 Å². The third-order valence-corrected chi connectivity index (χ3v) is 4.08. The van der Waals surface area contributed by atoms with Crippen LogP contribution in [0.3, 0.4) is 0 Å². The molecular formula is C18H15N4O4-. The van der Waals surface area contributed by atoms with Crippen molar-refractivity contribution in [1.29, 1.82) is 0 Å². The molecule has 0 bridgehead atoms. The number of nitrogens with zero attached hydrogens (tertiary/aromatic N) is 4. The molecule has 132 valence electrons. The van der Waals surface area contributed by atoms with Crippen molar-refractivity contribution in [3.05, 3.63) is 80.3 Å². The van der Waals surface area contributed by atoms with Crippen molar-refractivity contribution in [1.82, 2.24) is 9.36 Å². The summed E-state index contributed by atoms with van der Waals surface area (Å²) in [4.78, 5) is 27.0. The van der Waals surface area contributed by atoms with Gasteiger partial charge in [0, 0.05) is 19.3 Å². The van der Waals surface area contributed by atoms with E-state index in [4.69, 9.17) is 0 Å². The molecule has 3 aromatic rings. The van der Waals surface area contributed by atoms with Crippen LogP contribution in [-0.2, 0) is 7.05 Å². The fraction of sp³-hybridized carbons (Fsp3) is 0.111. The molecule has 1 heterocycles. The lowest BCUT2D eigenvalue weighted by Gasteiger charge is -2.09. The van der Waals surface area contributed by atoms with Crippen molar-refractivity contribution < 1.29 is 10.0 Å². The van der Waals surface area contributed by atoms with E-state index in [2.05, 4.69) is 4.99 Å². The summed E-state index contributed by atoms with van der Waals surface area (Å²) in [6.07, 6.45) is 1.19. The lowest BCUT2D eigenvalue weighted by molar-refractivity contribution is -0.398. The number of para-hydroxylation sites is 2. The van der Waals surface area contributed by atoms with Gasteiger partial charge in [-0.3, -0.25) is 19.6 Å². The van der Waals surface area contributed by atoms with E-state index in [1.807, 2.05) is 18.2 Å². The Balaban J connectivity index is 2.08. The Morgan fingerprint density at radius 1 is 1.12 bits per heavy atom. The Morgan fingerprint density at radius 3 is 2.46 bits per heavy atom. The third-order valence-electron chi connectivity index (χ3n) is 4.08. The van der Waals surface area contributed by atoms with Gasteiger partial charge in [0.25, 0.3) is 11.2 Å². The fourth-order valence-electron chi connectivity index (χ4n) is 2.62. The van der Waals surface area contributed by atoms with E-state index in [0.29, 0.717) is 11.4 Å². The highest BCUT2D eigenvalue weighted by molar-refractivity contribution is 5.87. The summed E-state index contributed by atoms with van der Waals surface area (Å²) in [7, 11) is 1.73. The molecule has 26 heavy (non-hydrogen) atoms. The standard InChI is InChI=1S/C18H16N4O4/c1-12-16(18(24)21(20(12)2)14-8-4-3-5-9-14)19-11-13-7-6-10-15(17(13)23)22(25)26/h3-11,23H,1-2H3/p-1. The Morgan fingerprint density at radius 2 is 1.81 bits per heavy atom. The molecule has 0 atom stereocenters. The normalized spacial score (nSPS) is 11.2. The first kappa shape index (κ1) is 17.2. The average molecular weight is 351 g/mol. The molecule has 2 aromatic carbocycles. The van der Waals surface area contributed by atoms with E-state index in [9.17, 15) is 20.0 Å². The minimum Gasteiger partial charge on any atom is -0.867 e. The largest absolute Gasteiger partial charge is 0.867 e. The zero-order valence-electron chi connectivity index (χ0n) is 14.1. The van der Waals surface area contributed by atoms with Gasteiger partial charge < -0.3 is 5.11 Å². The fourth-order valence-corrected chi connectivity index (χ4v) is 2.62. The zero-order valence-corrected chi connectivity index (χ0v) is 14.1. The number of nitro groups is 1. The van der Waals surface area contributed by atoms with Gasteiger partial charge in [-0.2, -0.15) is 0 Å². The van der Waals surface area contributed by atoms with Crippen molar-refractivity contribution in [2.45, 2.75) is 6.92 Å². The minimum absolute atomic E-state index is 0.0492. The van der Waals surface area contributed by atoms with Gasteiger partial charge in [0.1, 0.15) is 0 Å². The Hall–Kier alpha value is -3.68. The van der Waals surface area contributed by atoms with Gasteiger partial charge in [0.05, 0.1) is 16.3 Å². The molecule has 0 aliphatic rings. The van der Waals surface area contributed by atoms with Crippen LogP contribution in [-0.4, -0.2) is 20.5 Å². The van der Waals surface area contributed by atoms with Crippen LogP contribution in [0.1, 0.15) is 11.3 Å². The molecule has 8 nitrogen and oxygen atoms in total. The second kappa shape index (κ2) is 6.67. The van der Waals surface area contributed by atoms with E-state index in [0.717, 1.165) is 6.07 Å². The van der Waals surface area contributed by atoms with Gasteiger partial charge in [-0.25, -0.2) is 9.67 Å². The minimum atomic E-state index is -0.740. The summed E-state index contributed by atoms with van der Waals surface area (Å²) >= 11 is 0. The number of benzene rings is 2. The van der Waals surface area contributed by atoms with Gasteiger partial charge in [0.15, 0.2) is 5.69 Å². The summed E-state index contributed by atoms with van der Waals surface area (Å²) in [5.41, 5.74) is 0.638. The van der Waals surface area contributed by atoms with E-state index < -0.39 is 16.4 Å². The number of nitro benzene ring substituents is 1. The van der Waals surface area contributed by atoms with Crippen molar-refractivity contribution in [2.75, 3.05) is 0 Å². The lowest BCUT2D eigenvalue weighted by atomic mass is 10.2. The molecule has 0 N–H and O–H groups in total. The molecule has 1 aromatic heterocycles. The molecule has 3 rings (SSSR count). The summed E-state index contributed by atoms with van der Waals surface area (Å²) in [5, 5.41) is 22.9. The van der Waals surface area contributed by atoms with E-state index in [1.165, 1.54) is 23.0 Å². The number of aliphatic imine (C=N–C) groups is 1. The molecule has 0 radical (unpaired) electrons. The highest BCUT2D eigenvalue weighted by atomic mass is 16.6. The summed E-state index contributed by atoms with van der Waals surface area (Å²) < 4.78 is 3.13. The number of rotatable bonds is 4. The summed E-state index contributed by atoms with van der Waals surface area (Å²) in [6, 6.07) is 13.0. The van der Waals surface area contributed by atoms with Gasteiger partial charge in [0.2, 0.25) is 0 Å². The van der Waals surface area contributed by atoms with Crippen LogP contribution < -0.4 is 10.7 Å². The van der Waals surface area contributed by atoms with Gasteiger partial charge in [-0.05, 0) is 30.4 Å². The van der Waals surface area contributed by atoms with Crippen LogP contribution in [0.5, 0.6) is 5.75 Å². The van der Waals surface area contributed by atoms with E-state index in [-0.39, 0.29) is 16.8 Å². The monoisotopic (exact) mass is 351 g/mol. The SMILES string of the molecule is Cc1c(N=Cc2cccc([N+](=O)[O-])c2[O-])c(=O)n(-c2ccccc2)n1C. The highest BCUT2D eigenvalue weighted by Gasteiger charge is 2.15. The second-order valence-corrected chi connectivity index (χ2v) is 5.62. The molecular weight excluding hydrogens is 336 g/mol. The Labute approximate surface area is 148 Å². The molecule has 0 saturated heterocycles. The van der Waals surface area contributed by atoms with Crippen LogP contribution in [0.25, 0.3) is 5.69 Å². The van der Waals surface area contributed by atoms with Crippen LogP contribution >= 0.6 is 0 Å². The number of hydrogen-bond donors (Lipinski definition) is 0. The highest BCUT2D eigenvalue weighted by Crippen LogP contribution is 2.26. The van der Waals surface area contributed by atoms with E-state index >= 15 is 0 Å². The molecule has 0 spiro atoms. The Bertz CT molecular complexity index is 1060. The maximum absolute atomic E-state index is 12.7. The van der Waals surface area contributed by atoms with Crippen molar-refractivity contribution in [2.24, 2.45) is 12.0 Å². The number of aromatic nitrogens is 2. The molecule has 0 amide bonds. The third kappa shape index (κ3) is 2.88.